The van der Waals surface area contributed by atoms with Gasteiger partial charge in [-0.05, 0) is 32.1 Å². The molecule has 0 heterocycles. The average molecular weight is 243 g/mol. The van der Waals surface area contributed by atoms with Gasteiger partial charge >= 0.3 is 0 Å². The molecule has 0 aromatic heterocycles. The van der Waals surface area contributed by atoms with Crippen LogP contribution in [-0.2, 0) is 0 Å². The molecule has 1 N–H and O–H groups in total. The topological polar surface area (TPSA) is 23.5 Å². The van der Waals surface area contributed by atoms with Crippen LogP contribution < -0.4 is 0 Å². The molecule has 4 heteroatoms. The summed E-state index contributed by atoms with van der Waals surface area (Å²) in [5.74, 6) is -1.39. The van der Waals surface area contributed by atoms with Crippen LogP contribution >= 0.6 is 0 Å². The van der Waals surface area contributed by atoms with E-state index in [1.807, 2.05) is 11.9 Å². The van der Waals surface area contributed by atoms with Crippen molar-refractivity contribution >= 4 is 0 Å². The van der Waals surface area contributed by atoms with Gasteiger partial charge in [-0.3, -0.25) is 0 Å². The van der Waals surface area contributed by atoms with Crippen LogP contribution in [0.3, 0.4) is 0 Å². The Kier molecular flexibility index (Phi) is 5.51. The van der Waals surface area contributed by atoms with E-state index in [4.69, 9.17) is 0 Å². The van der Waals surface area contributed by atoms with Gasteiger partial charge in [0.15, 0.2) is 0 Å². The summed E-state index contributed by atoms with van der Waals surface area (Å²) < 4.78 is 26.8. The van der Waals surface area contributed by atoms with Crippen molar-refractivity contribution in [3.63, 3.8) is 0 Å². The number of halogens is 2. The summed E-state index contributed by atoms with van der Waals surface area (Å²) in [6, 6.07) is 3.61. The Morgan fingerprint density at radius 3 is 2.41 bits per heavy atom. The van der Waals surface area contributed by atoms with E-state index in [0.29, 0.717) is 0 Å². The fourth-order valence-corrected chi connectivity index (χ4v) is 1.73. The van der Waals surface area contributed by atoms with Gasteiger partial charge in [0.25, 0.3) is 0 Å². The first-order valence-corrected chi connectivity index (χ1v) is 5.86. The van der Waals surface area contributed by atoms with Crippen molar-refractivity contribution in [2.45, 2.75) is 25.9 Å². The molecule has 1 aromatic carbocycles. The molecule has 17 heavy (non-hydrogen) atoms. The minimum absolute atomic E-state index is 0.234. The molecule has 1 rings (SSSR count). The number of unbranched alkanes of at least 4 members (excludes halogenated alkanes) is 1. The minimum atomic E-state index is -1.13. The Balaban J connectivity index is 2.66. The van der Waals surface area contributed by atoms with Gasteiger partial charge in [-0.15, -0.1) is 0 Å². The van der Waals surface area contributed by atoms with Crippen molar-refractivity contribution in [3.8, 4) is 0 Å². The van der Waals surface area contributed by atoms with Gasteiger partial charge in [0.1, 0.15) is 11.6 Å². The fourth-order valence-electron chi connectivity index (χ4n) is 1.73. The quantitative estimate of drug-likeness (QED) is 0.830. The molecule has 2 nitrogen and oxygen atoms in total. The number of hydrogen-bond acceptors (Lipinski definition) is 2. The summed E-state index contributed by atoms with van der Waals surface area (Å²) in [5, 5.41) is 9.83. The fraction of sp³-hybridized carbons (Fsp3) is 0.538. The molecule has 0 radical (unpaired) electrons. The molecule has 0 aliphatic heterocycles. The number of aliphatic hydroxyl groups excluding tert-OH is 1. The Labute approximate surface area is 101 Å². The maximum absolute atomic E-state index is 13.4. The van der Waals surface area contributed by atoms with Gasteiger partial charge in [-0.25, -0.2) is 8.78 Å². The third-order valence-corrected chi connectivity index (χ3v) is 2.71. The Bertz CT molecular complexity index is 337. The van der Waals surface area contributed by atoms with E-state index >= 15 is 0 Å². The second-order valence-electron chi connectivity index (χ2n) is 4.27. The van der Waals surface area contributed by atoms with Crippen molar-refractivity contribution in [1.82, 2.24) is 4.90 Å². The molecule has 0 spiro atoms. The van der Waals surface area contributed by atoms with Gasteiger partial charge < -0.3 is 10.0 Å². The zero-order chi connectivity index (χ0) is 12.8. The number of likely N-dealkylation sites (N-methyl/N-ethyl adjacent to an activating group) is 1. The number of rotatable bonds is 6. The van der Waals surface area contributed by atoms with Crippen LogP contribution in [-0.4, -0.2) is 30.1 Å². The van der Waals surface area contributed by atoms with E-state index in [0.717, 1.165) is 31.5 Å². The second-order valence-corrected chi connectivity index (χ2v) is 4.27. The third-order valence-electron chi connectivity index (χ3n) is 2.71. The van der Waals surface area contributed by atoms with E-state index in [9.17, 15) is 13.9 Å². The van der Waals surface area contributed by atoms with E-state index in [1.165, 1.54) is 6.07 Å². The van der Waals surface area contributed by atoms with Gasteiger partial charge in [0.2, 0.25) is 0 Å². The lowest BCUT2D eigenvalue weighted by Gasteiger charge is -2.21. The van der Waals surface area contributed by atoms with Gasteiger partial charge in [0.05, 0.1) is 11.7 Å². The SMILES string of the molecule is CCCCN(C)CC(O)c1c(F)cccc1F. The highest BCUT2D eigenvalue weighted by molar-refractivity contribution is 5.22. The molecule has 1 aromatic rings. The standard InChI is InChI=1S/C13H19F2NO/c1-3-4-8-16(2)9-12(17)13-10(14)6-5-7-11(13)15/h5-7,12,17H,3-4,8-9H2,1-2H3. The second kappa shape index (κ2) is 6.67. The monoisotopic (exact) mass is 243 g/mol. The number of benzene rings is 1. The molecule has 0 aliphatic carbocycles. The average Bonchev–Trinajstić information content (AvgIpc) is 2.26. The van der Waals surface area contributed by atoms with E-state index in [2.05, 4.69) is 6.92 Å². The van der Waals surface area contributed by atoms with Crippen LogP contribution in [0.25, 0.3) is 0 Å². The van der Waals surface area contributed by atoms with E-state index < -0.39 is 17.7 Å². The van der Waals surface area contributed by atoms with Crippen molar-refractivity contribution in [2.24, 2.45) is 0 Å². The van der Waals surface area contributed by atoms with Crippen molar-refractivity contribution in [2.75, 3.05) is 20.1 Å². The Hall–Kier alpha value is -1.00. The highest BCUT2D eigenvalue weighted by Crippen LogP contribution is 2.21. The zero-order valence-electron chi connectivity index (χ0n) is 10.3. The summed E-state index contributed by atoms with van der Waals surface area (Å²) in [6.45, 7) is 3.11. The summed E-state index contributed by atoms with van der Waals surface area (Å²) in [6.07, 6.45) is 0.926. The molecule has 96 valence electrons. The Morgan fingerprint density at radius 2 is 1.88 bits per heavy atom. The summed E-state index contributed by atoms with van der Waals surface area (Å²) in [4.78, 5) is 1.88. The van der Waals surface area contributed by atoms with Gasteiger partial charge in [-0.1, -0.05) is 19.4 Å². The largest absolute Gasteiger partial charge is 0.387 e. The Morgan fingerprint density at radius 1 is 1.29 bits per heavy atom. The summed E-state index contributed by atoms with van der Waals surface area (Å²) in [5.41, 5.74) is -0.240. The van der Waals surface area contributed by atoms with Crippen molar-refractivity contribution in [3.05, 3.63) is 35.4 Å². The third kappa shape index (κ3) is 4.06. The van der Waals surface area contributed by atoms with Crippen LogP contribution in [0.1, 0.15) is 31.4 Å². The lowest BCUT2D eigenvalue weighted by molar-refractivity contribution is 0.119. The lowest BCUT2D eigenvalue weighted by Crippen LogP contribution is -2.26. The molecular weight excluding hydrogens is 224 g/mol. The highest BCUT2D eigenvalue weighted by atomic mass is 19.1. The normalized spacial score (nSPS) is 13.1. The minimum Gasteiger partial charge on any atom is -0.387 e. The molecule has 0 bridgehead atoms. The first-order chi connectivity index (χ1) is 8.06. The maximum atomic E-state index is 13.4. The predicted molar refractivity (Wildman–Crippen MR) is 63.7 cm³/mol. The molecule has 1 unspecified atom stereocenters. The molecular formula is C13H19F2NO. The maximum Gasteiger partial charge on any atom is 0.131 e. The van der Waals surface area contributed by atoms with Crippen molar-refractivity contribution in [1.29, 1.82) is 0 Å². The summed E-state index contributed by atoms with van der Waals surface area (Å²) >= 11 is 0. The van der Waals surface area contributed by atoms with Crippen LogP contribution in [0, 0.1) is 11.6 Å². The highest BCUT2D eigenvalue weighted by Gasteiger charge is 2.18. The van der Waals surface area contributed by atoms with E-state index in [1.54, 1.807) is 0 Å². The van der Waals surface area contributed by atoms with E-state index in [-0.39, 0.29) is 12.1 Å². The summed E-state index contributed by atoms with van der Waals surface area (Å²) in [7, 11) is 1.83. The first kappa shape index (κ1) is 14.1. The number of aliphatic hydroxyl groups is 1. The number of nitrogens with zero attached hydrogens (tertiary/aromatic N) is 1. The molecule has 0 fully saturated rings. The van der Waals surface area contributed by atoms with Crippen LogP contribution in [0.5, 0.6) is 0 Å². The molecule has 0 aliphatic rings. The van der Waals surface area contributed by atoms with Crippen LogP contribution in [0.15, 0.2) is 18.2 Å². The van der Waals surface area contributed by atoms with Crippen LogP contribution in [0.2, 0.25) is 0 Å². The smallest absolute Gasteiger partial charge is 0.131 e. The van der Waals surface area contributed by atoms with Crippen LogP contribution in [0.4, 0.5) is 8.78 Å². The number of hydrogen-bond donors (Lipinski definition) is 1. The van der Waals surface area contributed by atoms with Gasteiger partial charge in [-0.2, -0.15) is 0 Å². The molecule has 0 amide bonds. The molecule has 0 saturated heterocycles. The molecule has 0 saturated carbocycles. The predicted octanol–water partition coefficient (Wildman–Crippen LogP) is 2.73. The molecule has 1 atom stereocenters. The lowest BCUT2D eigenvalue weighted by atomic mass is 10.1. The van der Waals surface area contributed by atoms with Crippen molar-refractivity contribution < 1.29 is 13.9 Å². The first-order valence-electron chi connectivity index (χ1n) is 5.86. The zero-order valence-corrected chi connectivity index (χ0v) is 10.3. The van der Waals surface area contributed by atoms with Gasteiger partial charge in [0, 0.05) is 6.54 Å².